The number of aliphatic hydroxyl groups excluding tert-OH is 1. The molecule has 1 aromatic carbocycles. The van der Waals surface area contributed by atoms with E-state index in [0.717, 1.165) is 29.8 Å². The van der Waals surface area contributed by atoms with E-state index < -0.39 is 23.2 Å². The van der Waals surface area contributed by atoms with Crippen molar-refractivity contribution in [1.82, 2.24) is 34.9 Å². The first-order chi connectivity index (χ1) is 17.8. The molecule has 37 heavy (non-hydrogen) atoms. The number of hydrogen-bond acceptors (Lipinski definition) is 7. The average Bonchev–Trinajstić information content (AvgIpc) is 3.51. The molecule has 190 valence electrons. The van der Waals surface area contributed by atoms with Gasteiger partial charge in [0, 0.05) is 6.20 Å². The van der Waals surface area contributed by atoms with Crippen LogP contribution in [0.3, 0.4) is 0 Å². The van der Waals surface area contributed by atoms with Crippen molar-refractivity contribution < 1.29 is 13.9 Å². The van der Waals surface area contributed by atoms with Gasteiger partial charge in [-0.2, -0.15) is 10.2 Å². The minimum absolute atomic E-state index is 0.133. The van der Waals surface area contributed by atoms with Crippen LogP contribution in [0.5, 0.6) is 0 Å². The Bertz CT molecular complexity index is 1480. The molecule has 3 aromatic heterocycles. The quantitative estimate of drug-likeness (QED) is 0.415. The van der Waals surface area contributed by atoms with Crippen LogP contribution in [0.2, 0.25) is 0 Å². The Kier molecular flexibility index (Phi) is 5.41. The molecular weight excluding hydrogens is 476 g/mol. The number of nitrogens with zero attached hydrogens (tertiary/aromatic N) is 7. The zero-order valence-corrected chi connectivity index (χ0v) is 20.9. The van der Waals surface area contributed by atoms with E-state index in [2.05, 4.69) is 39.1 Å². The summed E-state index contributed by atoms with van der Waals surface area (Å²) in [4.78, 5) is 13.8. The summed E-state index contributed by atoms with van der Waals surface area (Å²) in [6.45, 7) is 6.58. The summed E-state index contributed by atoms with van der Waals surface area (Å²) in [6, 6.07) is 7.49. The van der Waals surface area contributed by atoms with Crippen LogP contribution in [-0.4, -0.2) is 46.1 Å². The van der Waals surface area contributed by atoms with E-state index in [9.17, 15) is 13.9 Å². The van der Waals surface area contributed by atoms with Gasteiger partial charge in [0.25, 0.3) is 0 Å². The lowest BCUT2D eigenvalue weighted by atomic mass is 9.66. The maximum absolute atomic E-state index is 14.5. The molecule has 1 fully saturated rings. The molecule has 0 saturated heterocycles. The third kappa shape index (κ3) is 3.34. The molecule has 3 heterocycles. The molecule has 4 aromatic rings. The molecule has 3 atom stereocenters. The third-order valence-electron chi connectivity index (χ3n) is 8.36. The van der Waals surface area contributed by atoms with E-state index >= 15 is 0 Å². The van der Waals surface area contributed by atoms with Crippen LogP contribution in [0.25, 0.3) is 22.9 Å². The molecule has 0 amide bonds. The van der Waals surface area contributed by atoms with Gasteiger partial charge in [0.2, 0.25) is 0 Å². The highest BCUT2D eigenvalue weighted by Gasteiger charge is 2.65. The summed E-state index contributed by atoms with van der Waals surface area (Å²) >= 11 is 0. The van der Waals surface area contributed by atoms with Crippen molar-refractivity contribution >= 4 is 0 Å². The molecule has 8 nitrogen and oxygen atoms in total. The Morgan fingerprint density at radius 2 is 1.92 bits per heavy atom. The number of aliphatic hydroxyl groups is 1. The van der Waals surface area contributed by atoms with Gasteiger partial charge in [-0.1, -0.05) is 26.8 Å². The Hall–Kier alpha value is -3.66. The van der Waals surface area contributed by atoms with Gasteiger partial charge < -0.3 is 5.11 Å². The zero-order chi connectivity index (χ0) is 25.9. The highest BCUT2D eigenvalue weighted by atomic mass is 19.1. The Morgan fingerprint density at radius 1 is 1.14 bits per heavy atom. The van der Waals surface area contributed by atoms with Crippen LogP contribution < -0.4 is 0 Å². The summed E-state index contributed by atoms with van der Waals surface area (Å²) in [7, 11) is 0. The second-order valence-electron chi connectivity index (χ2n) is 10.4. The van der Waals surface area contributed by atoms with Gasteiger partial charge >= 0.3 is 0 Å². The van der Waals surface area contributed by atoms with Crippen molar-refractivity contribution in [3.8, 4) is 22.9 Å². The van der Waals surface area contributed by atoms with Crippen molar-refractivity contribution in [3.05, 3.63) is 71.4 Å². The average molecular weight is 504 g/mol. The van der Waals surface area contributed by atoms with Gasteiger partial charge in [-0.15, -0.1) is 5.10 Å². The van der Waals surface area contributed by atoms with Crippen molar-refractivity contribution in [1.29, 1.82) is 0 Å². The first-order valence-corrected chi connectivity index (χ1v) is 12.5. The minimum Gasteiger partial charge on any atom is -0.391 e. The number of benzene rings is 1. The molecule has 10 heteroatoms. The summed E-state index contributed by atoms with van der Waals surface area (Å²) in [6.07, 6.45) is 4.89. The van der Waals surface area contributed by atoms with Crippen LogP contribution in [-0.2, 0) is 12.0 Å². The van der Waals surface area contributed by atoms with Crippen LogP contribution in [0.1, 0.15) is 62.9 Å². The van der Waals surface area contributed by atoms with Crippen molar-refractivity contribution in [2.24, 2.45) is 5.41 Å². The summed E-state index contributed by atoms with van der Waals surface area (Å²) in [5.74, 6) is -0.298. The predicted molar refractivity (Wildman–Crippen MR) is 131 cm³/mol. The second-order valence-corrected chi connectivity index (χ2v) is 10.4. The standard InChI is InChI=1S/C27H27F2N7O/c1-4-15(37)13-36-25(31-14-32-36)24-30-11-9-21(33-24)27-10-8-17(26(27,2)3)16-12-20(34-35-23(16)27)22-18(28)6-5-7-19(22)29/h5-7,9,11-12,14-15,17,37H,4,8,10,13H2,1-3H3/t15-,17-,27-/m0/s1. The molecule has 6 rings (SSSR count). The lowest BCUT2D eigenvalue weighted by Crippen LogP contribution is -2.38. The Labute approximate surface area is 212 Å². The smallest absolute Gasteiger partial charge is 0.197 e. The molecule has 2 aliphatic carbocycles. The summed E-state index contributed by atoms with van der Waals surface area (Å²) in [5, 5.41) is 23.3. The Balaban J connectivity index is 1.47. The molecule has 0 unspecified atom stereocenters. The first kappa shape index (κ1) is 23.7. The van der Waals surface area contributed by atoms with Crippen molar-refractivity contribution in [3.63, 3.8) is 0 Å². The molecule has 0 spiro atoms. The van der Waals surface area contributed by atoms with Gasteiger partial charge in [-0.3, -0.25) is 0 Å². The SMILES string of the molecule is CC[C@H](O)Cn1ncnc1-c1nccc([C@@]23CC[C@@H](c4cc(-c5c(F)cccc5F)nnc42)C3(C)C)n1. The predicted octanol–water partition coefficient (Wildman–Crippen LogP) is 4.44. The summed E-state index contributed by atoms with van der Waals surface area (Å²) in [5.41, 5.74) is 1.77. The van der Waals surface area contributed by atoms with E-state index in [1.165, 1.54) is 24.5 Å². The molecule has 0 radical (unpaired) electrons. The van der Waals surface area contributed by atoms with Gasteiger partial charge in [0.1, 0.15) is 18.0 Å². The van der Waals surface area contributed by atoms with Gasteiger partial charge in [-0.25, -0.2) is 28.4 Å². The molecule has 2 aliphatic rings. The fourth-order valence-corrected chi connectivity index (χ4v) is 6.36. The van der Waals surface area contributed by atoms with Crippen LogP contribution >= 0.6 is 0 Å². The molecule has 1 saturated carbocycles. The van der Waals surface area contributed by atoms with Crippen LogP contribution in [0.4, 0.5) is 8.78 Å². The largest absolute Gasteiger partial charge is 0.391 e. The molecule has 0 aliphatic heterocycles. The second kappa shape index (κ2) is 8.44. The maximum Gasteiger partial charge on any atom is 0.197 e. The topological polar surface area (TPSA) is 102 Å². The molecule has 2 bridgehead atoms. The number of fused-ring (bicyclic) bond motifs is 5. The number of aromatic nitrogens is 7. The molecule has 1 N–H and O–H groups in total. The lowest BCUT2D eigenvalue weighted by Gasteiger charge is -2.37. The number of rotatable bonds is 6. The fourth-order valence-electron chi connectivity index (χ4n) is 6.36. The van der Waals surface area contributed by atoms with Gasteiger partial charge in [0.05, 0.1) is 40.7 Å². The van der Waals surface area contributed by atoms with Gasteiger partial charge in [-0.05, 0) is 60.4 Å². The van der Waals surface area contributed by atoms with E-state index in [4.69, 9.17) is 4.98 Å². The first-order valence-electron chi connectivity index (χ1n) is 12.5. The van der Waals surface area contributed by atoms with Gasteiger partial charge in [0.15, 0.2) is 11.6 Å². The zero-order valence-electron chi connectivity index (χ0n) is 20.9. The highest BCUT2D eigenvalue weighted by Crippen LogP contribution is 2.69. The van der Waals surface area contributed by atoms with Crippen molar-refractivity contribution in [2.75, 3.05) is 0 Å². The fraction of sp³-hybridized carbons (Fsp3) is 0.407. The van der Waals surface area contributed by atoms with Crippen molar-refractivity contribution in [2.45, 2.75) is 64.0 Å². The normalized spacial score (nSPS) is 22.3. The van der Waals surface area contributed by atoms with E-state index in [1.807, 2.05) is 13.0 Å². The van der Waals surface area contributed by atoms with Crippen LogP contribution in [0, 0.1) is 17.0 Å². The number of hydrogen-bond donors (Lipinski definition) is 1. The summed E-state index contributed by atoms with van der Waals surface area (Å²) < 4.78 is 30.7. The van der Waals surface area contributed by atoms with E-state index in [1.54, 1.807) is 16.9 Å². The lowest BCUT2D eigenvalue weighted by molar-refractivity contribution is 0.145. The van der Waals surface area contributed by atoms with E-state index in [0.29, 0.717) is 24.6 Å². The maximum atomic E-state index is 14.5. The Morgan fingerprint density at radius 3 is 2.68 bits per heavy atom. The minimum atomic E-state index is -0.663. The molecular formula is C27H27F2N7O. The third-order valence-corrected chi connectivity index (χ3v) is 8.36. The van der Waals surface area contributed by atoms with E-state index in [-0.39, 0.29) is 22.6 Å². The van der Waals surface area contributed by atoms with Crippen LogP contribution in [0.15, 0.2) is 42.9 Å². The number of halogens is 2. The highest BCUT2D eigenvalue weighted by molar-refractivity contribution is 5.64. The monoisotopic (exact) mass is 503 g/mol.